The molecule has 2 heterocycles. The van der Waals surface area contributed by atoms with Crippen LogP contribution in [0.2, 0.25) is 0 Å². The summed E-state index contributed by atoms with van der Waals surface area (Å²) in [4.78, 5) is 11.4. The zero-order valence-electron chi connectivity index (χ0n) is 13.3. The fraction of sp³-hybridized carbons (Fsp3) is 0.933. The van der Waals surface area contributed by atoms with Gasteiger partial charge in [0.15, 0.2) is 0 Å². The van der Waals surface area contributed by atoms with Crippen LogP contribution >= 0.6 is 0 Å². The summed E-state index contributed by atoms with van der Waals surface area (Å²) in [6.45, 7) is 11.9. The number of rotatable bonds is 5. The molecule has 0 bridgehead atoms. The van der Waals surface area contributed by atoms with Gasteiger partial charge < -0.3 is 18.9 Å². The third-order valence-corrected chi connectivity index (χ3v) is 3.84. The monoisotopic (exact) mass is 286 g/mol. The molecule has 0 aromatic carbocycles. The van der Waals surface area contributed by atoms with Crippen molar-refractivity contribution in [2.45, 2.75) is 83.4 Å². The van der Waals surface area contributed by atoms with E-state index in [1.807, 2.05) is 27.7 Å². The zero-order chi connectivity index (χ0) is 15.2. The Hall–Kier alpha value is -0.810. The molecule has 0 amide bonds. The van der Waals surface area contributed by atoms with E-state index in [0.717, 1.165) is 12.8 Å². The predicted octanol–water partition coefficient (Wildman–Crippen LogP) is 3.05. The van der Waals surface area contributed by atoms with Crippen LogP contribution < -0.4 is 0 Å². The first kappa shape index (κ1) is 15.6. The van der Waals surface area contributed by atoms with Crippen molar-refractivity contribution in [1.82, 2.24) is 0 Å². The van der Waals surface area contributed by atoms with Gasteiger partial charge in [0.25, 0.3) is 0 Å². The standard InChI is InChI=1S/C15H26O5/c1-13(2,3)20-12(16)17-9-11-15(6,19-11)8-7-10-14(4,5)18-10/h10-11H,7-9H2,1-6H3/t10-,11-,15-/m1/s1. The van der Waals surface area contributed by atoms with E-state index in [0.29, 0.717) is 6.10 Å². The van der Waals surface area contributed by atoms with Gasteiger partial charge in [-0.15, -0.1) is 0 Å². The first-order chi connectivity index (χ1) is 9.02. The Labute approximate surface area is 120 Å². The van der Waals surface area contributed by atoms with Crippen molar-refractivity contribution in [3.63, 3.8) is 0 Å². The fourth-order valence-corrected chi connectivity index (χ4v) is 2.30. The summed E-state index contributed by atoms with van der Waals surface area (Å²) in [7, 11) is 0. The molecule has 0 unspecified atom stereocenters. The first-order valence-corrected chi connectivity index (χ1v) is 7.23. The molecule has 2 aliphatic heterocycles. The Morgan fingerprint density at radius 1 is 1.15 bits per heavy atom. The van der Waals surface area contributed by atoms with Gasteiger partial charge in [0.05, 0.1) is 17.3 Å². The number of carbonyl (C=O) groups is 1. The Kier molecular flexibility index (Phi) is 3.80. The molecule has 5 nitrogen and oxygen atoms in total. The van der Waals surface area contributed by atoms with Crippen molar-refractivity contribution in [2.75, 3.05) is 6.61 Å². The summed E-state index contributed by atoms with van der Waals surface area (Å²) in [5.41, 5.74) is -0.697. The molecule has 2 rings (SSSR count). The van der Waals surface area contributed by atoms with Crippen LogP contribution in [0.4, 0.5) is 4.79 Å². The lowest BCUT2D eigenvalue weighted by Crippen LogP contribution is -2.26. The minimum absolute atomic E-state index is 0.0216. The SMILES string of the molecule is CC(C)(C)OC(=O)OC[C@H]1O[C@]1(C)CC[C@H]1OC1(C)C. The largest absolute Gasteiger partial charge is 0.508 e. The number of ether oxygens (including phenoxy) is 4. The highest BCUT2D eigenvalue weighted by Crippen LogP contribution is 2.45. The number of hydrogen-bond acceptors (Lipinski definition) is 5. The zero-order valence-corrected chi connectivity index (χ0v) is 13.3. The Morgan fingerprint density at radius 3 is 2.25 bits per heavy atom. The quantitative estimate of drug-likeness (QED) is 0.574. The van der Waals surface area contributed by atoms with Gasteiger partial charge in [-0.2, -0.15) is 0 Å². The van der Waals surface area contributed by atoms with Gasteiger partial charge in [-0.25, -0.2) is 4.79 Å². The van der Waals surface area contributed by atoms with Crippen molar-refractivity contribution in [1.29, 1.82) is 0 Å². The molecule has 5 heteroatoms. The Morgan fingerprint density at radius 2 is 1.75 bits per heavy atom. The van der Waals surface area contributed by atoms with Crippen molar-refractivity contribution < 1.29 is 23.7 Å². The molecule has 116 valence electrons. The smallest absolute Gasteiger partial charge is 0.431 e. The van der Waals surface area contributed by atoms with E-state index < -0.39 is 11.8 Å². The molecule has 0 aromatic heterocycles. The maximum atomic E-state index is 11.4. The summed E-state index contributed by atoms with van der Waals surface area (Å²) in [6, 6.07) is 0. The summed E-state index contributed by atoms with van der Waals surface area (Å²) >= 11 is 0. The predicted molar refractivity (Wildman–Crippen MR) is 73.7 cm³/mol. The molecule has 0 aliphatic carbocycles. The van der Waals surface area contributed by atoms with Crippen molar-refractivity contribution >= 4 is 6.16 Å². The maximum Gasteiger partial charge on any atom is 0.508 e. The molecular weight excluding hydrogens is 260 g/mol. The highest BCUT2D eigenvalue weighted by Gasteiger charge is 2.55. The molecule has 0 radical (unpaired) electrons. The fourth-order valence-electron chi connectivity index (χ4n) is 2.30. The highest BCUT2D eigenvalue weighted by molar-refractivity contribution is 5.60. The van der Waals surface area contributed by atoms with Gasteiger partial charge in [-0.05, 0) is 54.4 Å². The lowest BCUT2D eigenvalue weighted by molar-refractivity contribution is -0.00949. The molecule has 0 N–H and O–H groups in total. The van der Waals surface area contributed by atoms with E-state index in [1.165, 1.54) is 0 Å². The van der Waals surface area contributed by atoms with E-state index in [1.54, 1.807) is 0 Å². The molecule has 20 heavy (non-hydrogen) atoms. The van der Waals surface area contributed by atoms with Crippen molar-refractivity contribution in [3.05, 3.63) is 0 Å². The lowest BCUT2D eigenvalue weighted by Gasteiger charge is -2.18. The molecule has 0 saturated carbocycles. The molecular formula is C15H26O5. The van der Waals surface area contributed by atoms with Crippen LogP contribution in [0.5, 0.6) is 0 Å². The number of carbonyl (C=O) groups excluding carboxylic acids is 1. The van der Waals surface area contributed by atoms with E-state index >= 15 is 0 Å². The molecule has 0 spiro atoms. The molecule has 2 saturated heterocycles. The van der Waals surface area contributed by atoms with Crippen LogP contribution in [0.15, 0.2) is 0 Å². The Bertz CT molecular complexity index is 384. The topological polar surface area (TPSA) is 60.6 Å². The summed E-state index contributed by atoms with van der Waals surface area (Å²) in [5, 5.41) is 0. The average Bonchev–Trinajstić information content (AvgIpc) is 3.08. The summed E-state index contributed by atoms with van der Waals surface area (Å²) in [5.74, 6) is 0. The van der Waals surface area contributed by atoms with Crippen LogP contribution in [0.25, 0.3) is 0 Å². The second-order valence-electron chi connectivity index (χ2n) is 7.44. The van der Waals surface area contributed by atoms with Crippen molar-refractivity contribution in [2.24, 2.45) is 0 Å². The van der Waals surface area contributed by atoms with Gasteiger partial charge in [-0.3, -0.25) is 0 Å². The highest BCUT2D eigenvalue weighted by atomic mass is 16.7. The van der Waals surface area contributed by atoms with Gasteiger partial charge in [0, 0.05) is 0 Å². The average molecular weight is 286 g/mol. The van der Waals surface area contributed by atoms with E-state index in [4.69, 9.17) is 18.9 Å². The molecule has 3 atom stereocenters. The van der Waals surface area contributed by atoms with Crippen LogP contribution in [0.3, 0.4) is 0 Å². The third kappa shape index (κ3) is 4.09. The number of epoxide rings is 2. The van der Waals surface area contributed by atoms with E-state index in [2.05, 4.69) is 13.8 Å². The maximum absolute atomic E-state index is 11.4. The molecule has 2 aliphatic rings. The van der Waals surface area contributed by atoms with Crippen molar-refractivity contribution in [3.8, 4) is 0 Å². The van der Waals surface area contributed by atoms with E-state index in [9.17, 15) is 4.79 Å². The second kappa shape index (κ2) is 4.88. The molecule has 2 fully saturated rings. The lowest BCUT2D eigenvalue weighted by atomic mass is 9.97. The molecule has 0 aromatic rings. The van der Waals surface area contributed by atoms with Crippen LogP contribution in [-0.2, 0) is 18.9 Å². The minimum atomic E-state index is -0.637. The van der Waals surface area contributed by atoms with Crippen LogP contribution in [0.1, 0.15) is 54.4 Å². The first-order valence-electron chi connectivity index (χ1n) is 7.23. The van der Waals surface area contributed by atoms with Gasteiger partial charge >= 0.3 is 6.16 Å². The summed E-state index contributed by atoms with van der Waals surface area (Å²) < 4.78 is 21.4. The van der Waals surface area contributed by atoms with Gasteiger partial charge in [0.2, 0.25) is 0 Å². The number of hydrogen-bond donors (Lipinski definition) is 0. The van der Waals surface area contributed by atoms with Crippen LogP contribution in [0, 0.1) is 0 Å². The van der Waals surface area contributed by atoms with Gasteiger partial charge in [0.1, 0.15) is 18.3 Å². The second-order valence-corrected chi connectivity index (χ2v) is 7.44. The minimum Gasteiger partial charge on any atom is -0.431 e. The Balaban J connectivity index is 1.63. The summed E-state index contributed by atoms with van der Waals surface area (Å²) in [6.07, 6.45) is 1.56. The third-order valence-electron chi connectivity index (χ3n) is 3.84. The van der Waals surface area contributed by atoms with Crippen LogP contribution in [-0.4, -0.2) is 41.8 Å². The van der Waals surface area contributed by atoms with E-state index in [-0.39, 0.29) is 23.9 Å². The normalized spacial score (nSPS) is 34.5. The van der Waals surface area contributed by atoms with Gasteiger partial charge in [-0.1, -0.05) is 0 Å².